The first-order chi connectivity index (χ1) is 9.16. The summed E-state index contributed by atoms with van der Waals surface area (Å²) in [6.07, 6.45) is 3.43. The number of primary amides is 1. The van der Waals surface area contributed by atoms with Crippen molar-refractivity contribution in [2.75, 3.05) is 25.1 Å². The number of aromatic nitrogens is 2. The van der Waals surface area contributed by atoms with Gasteiger partial charge < -0.3 is 15.8 Å². The molecule has 0 aliphatic heterocycles. The second-order valence-corrected chi connectivity index (χ2v) is 4.74. The van der Waals surface area contributed by atoms with E-state index in [2.05, 4.69) is 31.2 Å². The van der Waals surface area contributed by atoms with Crippen LogP contribution in [0.3, 0.4) is 0 Å². The summed E-state index contributed by atoms with van der Waals surface area (Å²) >= 11 is 3.36. The Morgan fingerprint density at radius 3 is 3.11 bits per heavy atom. The third-order valence-corrected chi connectivity index (χ3v) is 2.78. The molecule has 0 bridgehead atoms. The van der Waals surface area contributed by atoms with Gasteiger partial charge in [-0.25, -0.2) is 0 Å². The standard InChI is InChI=1S/C12H13BrN4O2/c13-8-5-10-12(17-6-8)9(1-2-15-10)16-3-4-19-7-11(14)18/h1-2,5-6H,3-4,7H2,(H2,14,18)(H,15,16). The van der Waals surface area contributed by atoms with Gasteiger partial charge in [0.15, 0.2) is 0 Å². The highest BCUT2D eigenvalue weighted by atomic mass is 79.9. The first-order valence-electron chi connectivity index (χ1n) is 5.67. The molecule has 2 aromatic rings. The van der Waals surface area contributed by atoms with E-state index in [9.17, 15) is 4.79 Å². The molecule has 19 heavy (non-hydrogen) atoms. The van der Waals surface area contributed by atoms with Crippen LogP contribution in [0, 0.1) is 0 Å². The van der Waals surface area contributed by atoms with Gasteiger partial charge in [-0.05, 0) is 28.1 Å². The Morgan fingerprint density at radius 2 is 2.32 bits per heavy atom. The van der Waals surface area contributed by atoms with E-state index in [0.717, 1.165) is 21.2 Å². The number of anilines is 1. The highest BCUT2D eigenvalue weighted by molar-refractivity contribution is 9.10. The van der Waals surface area contributed by atoms with Gasteiger partial charge in [0.25, 0.3) is 0 Å². The fourth-order valence-corrected chi connectivity index (χ4v) is 1.90. The molecule has 7 heteroatoms. The van der Waals surface area contributed by atoms with Crippen LogP contribution in [0.5, 0.6) is 0 Å². The molecule has 0 fully saturated rings. The molecular formula is C12H13BrN4O2. The van der Waals surface area contributed by atoms with Gasteiger partial charge in [0, 0.05) is 23.4 Å². The van der Waals surface area contributed by atoms with Gasteiger partial charge in [-0.1, -0.05) is 0 Å². The van der Waals surface area contributed by atoms with Crippen molar-refractivity contribution >= 4 is 38.6 Å². The van der Waals surface area contributed by atoms with E-state index in [1.807, 2.05) is 12.1 Å². The molecule has 0 saturated carbocycles. The minimum Gasteiger partial charge on any atom is -0.381 e. The zero-order valence-electron chi connectivity index (χ0n) is 10.1. The van der Waals surface area contributed by atoms with Gasteiger partial charge in [0.2, 0.25) is 5.91 Å². The van der Waals surface area contributed by atoms with Crippen LogP contribution in [0.4, 0.5) is 5.69 Å². The number of halogens is 1. The van der Waals surface area contributed by atoms with Crippen LogP contribution < -0.4 is 11.1 Å². The average molecular weight is 325 g/mol. The third-order valence-electron chi connectivity index (χ3n) is 2.35. The Balaban J connectivity index is 1.99. The zero-order valence-corrected chi connectivity index (χ0v) is 11.7. The lowest BCUT2D eigenvalue weighted by atomic mass is 10.3. The van der Waals surface area contributed by atoms with Crippen molar-refractivity contribution in [3.05, 3.63) is 29.0 Å². The molecule has 0 saturated heterocycles. The van der Waals surface area contributed by atoms with Crippen LogP contribution in [0.1, 0.15) is 0 Å². The molecule has 6 nitrogen and oxygen atoms in total. The summed E-state index contributed by atoms with van der Waals surface area (Å²) in [5.74, 6) is -0.471. The maximum Gasteiger partial charge on any atom is 0.243 e. The van der Waals surface area contributed by atoms with Crippen molar-refractivity contribution in [1.82, 2.24) is 9.97 Å². The maximum absolute atomic E-state index is 10.5. The molecule has 0 aliphatic rings. The normalized spacial score (nSPS) is 10.6. The van der Waals surface area contributed by atoms with E-state index >= 15 is 0 Å². The first kappa shape index (κ1) is 13.7. The lowest BCUT2D eigenvalue weighted by Crippen LogP contribution is -2.20. The Hall–Kier alpha value is -1.73. The summed E-state index contributed by atoms with van der Waals surface area (Å²) in [5.41, 5.74) is 7.44. The van der Waals surface area contributed by atoms with Gasteiger partial charge in [-0.3, -0.25) is 14.8 Å². The van der Waals surface area contributed by atoms with Gasteiger partial charge in [0.05, 0.1) is 17.8 Å². The summed E-state index contributed by atoms with van der Waals surface area (Å²) in [6.45, 7) is 0.886. The SMILES string of the molecule is NC(=O)COCCNc1ccnc2cc(Br)cnc12. The molecule has 1 amide bonds. The van der Waals surface area contributed by atoms with Crippen molar-refractivity contribution in [2.24, 2.45) is 5.73 Å². The molecule has 0 atom stereocenters. The number of fused-ring (bicyclic) bond motifs is 1. The molecule has 0 spiro atoms. The summed E-state index contributed by atoms with van der Waals surface area (Å²) in [5, 5.41) is 3.19. The van der Waals surface area contributed by atoms with Crippen molar-refractivity contribution in [2.45, 2.75) is 0 Å². The molecule has 0 aliphatic carbocycles. The fraction of sp³-hybridized carbons (Fsp3) is 0.250. The van der Waals surface area contributed by atoms with Gasteiger partial charge >= 0.3 is 0 Å². The van der Waals surface area contributed by atoms with Crippen molar-refractivity contribution < 1.29 is 9.53 Å². The predicted octanol–water partition coefficient (Wildman–Crippen LogP) is 1.31. The number of ether oxygens (including phenoxy) is 1. The summed E-state index contributed by atoms with van der Waals surface area (Å²) < 4.78 is 5.95. The number of hydrogen-bond acceptors (Lipinski definition) is 5. The molecule has 0 unspecified atom stereocenters. The van der Waals surface area contributed by atoms with E-state index in [-0.39, 0.29) is 6.61 Å². The third kappa shape index (κ3) is 3.87. The first-order valence-corrected chi connectivity index (χ1v) is 6.46. The van der Waals surface area contributed by atoms with Gasteiger partial charge in [-0.15, -0.1) is 0 Å². The van der Waals surface area contributed by atoms with Crippen molar-refractivity contribution in [1.29, 1.82) is 0 Å². The lowest BCUT2D eigenvalue weighted by molar-refractivity contribution is -0.122. The minimum absolute atomic E-state index is 0.0655. The number of nitrogens with zero attached hydrogens (tertiary/aromatic N) is 2. The number of carbonyl (C=O) groups excluding carboxylic acids is 1. The van der Waals surface area contributed by atoms with Gasteiger partial charge in [0.1, 0.15) is 12.1 Å². The van der Waals surface area contributed by atoms with E-state index in [4.69, 9.17) is 10.5 Å². The number of amides is 1. The summed E-state index contributed by atoms with van der Waals surface area (Å²) in [6, 6.07) is 3.74. The lowest BCUT2D eigenvalue weighted by Gasteiger charge is -2.08. The van der Waals surface area contributed by atoms with E-state index in [1.165, 1.54) is 0 Å². The van der Waals surface area contributed by atoms with Crippen LogP contribution in [0.15, 0.2) is 29.0 Å². The Labute approximate surface area is 118 Å². The van der Waals surface area contributed by atoms with Crippen LogP contribution in [0.2, 0.25) is 0 Å². The second kappa shape index (κ2) is 6.44. The topological polar surface area (TPSA) is 90.1 Å². The van der Waals surface area contributed by atoms with Crippen LogP contribution in [0.25, 0.3) is 11.0 Å². The Bertz CT molecular complexity index is 591. The predicted molar refractivity (Wildman–Crippen MR) is 75.7 cm³/mol. The maximum atomic E-state index is 10.5. The highest BCUT2D eigenvalue weighted by Gasteiger charge is 2.03. The zero-order chi connectivity index (χ0) is 13.7. The molecule has 0 aromatic carbocycles. The Kier molecular flexibility index (Phi) is 4.64. The van der Waals surface area contributed by atoms with Crippen LogP contribution in [-0.4, -0.2) is 35.6 Å². The molecule has 100 valence electrons. The monoisotopic (exact) mass is 324 g/mol. The largest absolute Gasteiger partial charge is 0.381 e. The molecule has 2 aromatic heterocycles. The number of hydrogen-bond donors (Lipinski definition) is 2. The highest BCUT2D eigenvalue weighted by Crippen LogP contribution is 2.21. The molecule has 3 N–H and O–H groups in total. The van der Waals surface area contributed by atoms with Crippen LogP contribution >= 0.6 is 15.9 Å². The number of rotatable bonds is 6. The smallest absolute Gasteiger partial charge is 0.243 e. The second-order valence-electron chi connectivity index (χ2n) is 3.83. The molecule has 2 heterocycles. The molecular weight excluding hydrogens is 312 g/mol. The summed E-state index contributed by atoms with van der Waals surface area (Å²) in [7, 11) is 0. The number of pyridine rings is 2. The molecule has 2 rings (SSSR count). The quantitative estimate of drug-likeness (QED) is 0.782. The van der Waals surface area contributed by atoms with E-state index in [0.29, 0.717) is 13.2 Å². The minimum atomic E-state index is -0.471. The Morgan fingerprint density at radius 1 is 1.47 bits per heavy atom. The van der Waals surface area contributed by atoms with E-state index in [1.54, 1.807) is 12.4 Å². The van der Waals surface area contributed by atoms with Crippen molar-refractivity contribution in [3.8, 4) is 0 Å². The number of nitrogens with one attached hydrogen (secondary N) is 1. The van der Waals surface area contributed by atoms with Crippen molar-refractivity contribution in [3.63, 3.8) is 0 Å². The number of nitrogens with two attached hydrogens (primary N) is 1. The van der Waals surface area contributed by atoms with Gasteiger partial charge in [-0.2, -0.15) is 0 Å². The number of carbonyl (C=O) groups is 1. The summed E-state index contributed by atoms with van der Waals surface area (Å²) in [4.78, 5) is 19.1. The fourth-order valence-electron chi connectivity index (χ4n) is 1.58. The van der Waals surface area contributed by atoms with Crippen LogP contribution in [-0.2, 0) is 9.53 Å². The average Bonchev–Trinajstić information content (AvgIpc) is 2.37. The van der Waals surface area contributed by atoms with E-state index < -0.39 is 5.91 Å². The molecule has 0 radical (unpaired) electrons.